The second-order valence-corrected chi connectivity index (χ2v) is 4.10. The van der Waals surface area contributed by atoms with E-state index in [4.69, 9.17) is 10.5 Å². The molecular weight excluding hydrogens is 228 g/mol. The van der Waals surface area contributed by atoms with Crippen molar-refractivity contribution in [3.05, 3.63) is 42.0 Å². The molecule has 2 N–H and O–H groups in total. The van der Waals surface area contributed by atoms with Crippen LogP contribution in [0.25, 0.3) is 0 Å². The molecule has 1 aromatic carbocycles. The number of aryl methyl sites for hydroxylation is 1. The SMILES string of the molecule is C=CCN(CCOC)C(=O)c1ccc(C)c(N)c1. The first-order valence-electron chi connectivity index (χ1n) is 5.85. The number of amides is 1. The summed E-state index contributed by atoms with van der Waals surface area (Å²) < 4.78 is 4.99. The summed E-state index contributed by atoms with van der Waals surface area (Å²) in [5.74, 6) is -0.0568. The second-order valence-electron chi connectivity index (χ2n) is 4.10. The third kappa shape index (κ3) is 3.60. The van der Waals surface area contributed by atoms with E-state index in [2.05, 4.69) is 6.58 Å². The minimum absolute atomic E-state index is 0.0568. The van der Waals surface area contributed by atoms with Crippen LogP contribution in [0.3, 0.4) is 0 Å². The van der Waals surface area contributed by atoms with E-state index in [-0.39, 0.29) is 5.91 Å². The number of benzene rings is 1. The number of carbonyl (C=O) groups is 1. The molecule has 0 radical (unpaired) electrons. The van der Waals surface area contributed by atoms with Gasteiger partial charge in [0.2, 0.25) is 0 Å². The van der Waals surface area contributed by atoms with Crippen molar-refractivity contribution < 1.29 is 9.53 Å². The van der Waals surface area contributed by atoms with Crippen LogP contribution in [-0.4, -0.2) is 37.6 Å². The minimum atomic E-state index is -0.0568. The Kier molecular flexibility index (Phi) is 5.39. The molecular formula is C14H20N2O2. The molecule has 4 nitrogen and oxygen atoms in total. The van der Waals surface area contributed by atoms with Crippen LogP contribution in [0.4, 0.5) is 5.69 Å². The van der Waals surface area contributed by atoms with Crippen LogP contribution in [0.1, 0.15) is 15.9 Å². The first-order valence-corrected chi connectivity index (χ1v) is 5.85. The van der Waals surface area contributed by atoms with Crippen LogP contribution in [0.5, 0.6) is 0 Å². The van der Waals surface area contributed by atoms with Gasteiger partial charge in [-0.05, 0) is 24.6 Å². The van der Waals surface area contributed by atoms with Crippen molar-refractivity contribution in [2.24, 2.45) is 0 Å². The normalized spacial score (nSPS) is 10.1. The summed E-state index contributed by atoms with van der Waals surface area (Å²) >= 11 is 0. The zero-order valence-corrected chi connectivity index (χ0v) is 11.0. The average Bonchev–Trinajstić information content (AvgIpc) is 2.37. The lowest BCUT2D eigenvalue weighted by molar-refractivity contribution is 0.0718. The molecule has 18 heavy (non-hydrogen) atoms. The predicted molar refractivity (Wildman–Crippen MR) is 73.6 cm³/mol. The van der Waals surface area contributed by atoms with Crippen LogP contribution < -0.4 is 5.73 Å². The largest absolute Gasteiger partial charge is 0.398 e. The van der Waals surface area contributed by atoms with Gasteiger partial charge in [0.1, 0.15) is 0 Å². The summed E-state index contributed by atoms with van der Waals surface area (Å²) in [5, 5.41) is 0. The molecule has 0 bridgehead atoms. The molecule has 1 amide bonds. The highest BCUT2D eigenvalue weighted by Gasteiger charge is 2.14. The number of rotatable bonds is 6. The number of nitrogen functional groups attached to an aromatic ring is 1. The Hall–Kier alpha value is -1.81. The first kappa shape index (κ1) is 14.3. The molecule has 0 fully saturated rings. The molecule has 4 heteroatoms. The van der Waals surface area contributed by atoms with Gasteiger partial charge in [-0.15, -0.1) is 6.58 Å². The maximum atomic E-state index is 12.3. The first-order chi connectivity index (χ1) is 8.60. The molecule has 0 aromatic heterocycles. The summed E-state index contributed by atoms with van der Waals surface area (Å²) in [6.45, 7) is 7.10. The molecule has 0 unspecified atom stereocenters. The van der Waals surface area contributed by atoms with E-state index in [9.17, 15) is 4.79 Å². The summed E-state index contributed by atoms with van der Waals surface area (Å²) in [7, 11) is 1.61. The van der Waals surface area contributed by atoms with Crippen molar-refractivity contribution >= 4 is 11.6 Å². The number of anilines is 1. The maximum absolute atomic E-state index is 12.3. The number of carbonyl (C=O) groups excluding carboxylic acids is 1. The van der Waals surface area contributed by atoms with Crippen LogP contribution in [0.2, 0.25) is 0 Å². The second kappa shape index (κ2) is 6.81. The van der Waals surface area contributed by atoms with Gasteiger partial charge >= 0.3 is 0 Å². The predicted octanol–water partition coefficient (Wildman–Crippen LogP) is 1.85. The van der Waals surface area contributed by atoms with E-state index in [1.165, 1.54) is 0 Å². The van der Waals surface area contributed by atoms with E-state index < -0.39 is 0 Å². The Morgan fingerprint density at radius 1 is 1.56 bits per heavy atom. The topological polar surface area (TPSA) is 55.6 Å². The Bertz CT molecular complexity index is 430. The third-order valence-electron chi connectivity index (χ3n) is 2.73. The monoisotopic (exact) mass is 248 g/mol. The summed E-state index contributed by atoms with van der Waals surface area (Å²) in [4.78, 5) is 14.0. The van der Waals surface area contributed by atoms with E-state index in [0.717, 1.165) is 5.56 Å². The Balaban J connectivity index is 2.86. The highest BCUT2D eigenvalue weighted by atomic mass is 16.5. The average molecular weight is 248 g/mol. The van der Waals surface area contributed by atoms with Gasteiger partial charge in [-0.3, -0.25) is 4.79 Å². The number of hydrogen-bond donors (Lipinski definition) is 1. The van der Waals surface area contributed by atoms with E-state index in [0.29, 0.717) is 30.9 Å². The molecule has 0 saturated heterocycles. The van der Waals surface area contributed by atoms with E-state index >= 15 is 0 Å². The van der Waals surface area contributed by atoms with E-state index in [1.54, 1.807) is 30.2 Å². The van der Waals surface area contributed by atoms with Gasteiger partial charge in [-0.25, -0.2) is 0 Å². The lowest BCUT2D eigenvalue weighted by atomic mass is 10.1. The molecule has 0 spiro atoms. The summed E-state index contributed by atoms with van der Waals surface area (Å²) in [5.41, 5.74) is 8.01. The van der Waals surface area contributed by atoms with Crippen LogP contribution in [0, 0.1) is 6.92 Å². The molecule has 1 aromatic rings. The van der Waals surface area contributed by atoms with Gasteiger partial charge in [0.05, 0.1) is 6.61 Å². The molecule has 0 aliphatic rings. The number of ether oxygens (including phenoxy) is 1. The molecule has 1 rings (SSSR count). The zero-order valence-electron chi connectivity index (χ0n) is 11.0. The standard InChI is InChI=1S/C14H20N2O2/c1-4-7-16(8-9-18-3)14(17)12-6-5-11(2)13(15)10-12/h4-6,10H,1,7-9,15H2,2-3H3. The summed E-state index contributed by atoms with van der Waals surface area (Å²) in [6.07, 6.45) is 1.70. The molecule has 0 atom stereocenters. The van der Waals surface area contributed by atoms with Crippen LogP contribution in [0.15, 0.2) is 30.9 Å². The van der Waals surface area contributed by atoms with Crippen molar-refractivity contribution in [2.45, 2.75) is 6.92 Å². The Morgan fingerprint density at radius 3 is 2.83 bits per heavy atom. The fraction of sp³-hybridized carbons (Fsp3) is 0.357. The van der Waals surface area contributed by atoms with Crippen LogP contribution >= 0.6 is 0 Å². The number of hydrogen-bond acceptors (Lipinski definition) is 3. The summed E-state index contributed by atoms with van der Waals surface area (Å²) in [6, 6.07) is 5.35. The lowest BCUT2D eigenvalue weighted by Gasteiger charge is -2.21. The quantitative estimate of drug-likeness (QED) is 0.617. The minimum Gasteiger partial charge on any atom is -0.398 e. The van der Waals surface area contributed by atoms with Crippen molar-refractivity contribution in [3.63, 3.8) is 0 Å². The van der Waals surface area contributed by atoms with Gasteiger partial charge < -0.3 is 15.4 Å². The van der Waals surface area contributed by atoms with Crippen molar-refractivity contribution in [1.29, 1.82) is 0 Å². The van der Waals surface area contributed by atoms with Gasteiger partial charge in [-0.1, -0.05) is 12.1 Å². The van der Waals surface area contributed by atoms with Gasteiger partial charge in [-0.2, -0.15) is 0 Å². The Labute approximate surface area is 108 Å². The van der Waals surface area contributed by atoms with E-state index in [1.807, 2.05) is 13.0 Å². The fourth-order valence-corrected chi connectivity index (χ4v) is 1.59. The molecule has 98 valence electrons. The highest BCUT2D eigenvalue weighted by molar-refractivity contribution is 5.95. The van der Waals surface area contributed by atoms with Crippen molar-refractivity contribution in [1.82, 2.24) is 4.90 Å². The molecule has 0 heterocycles. The fourth-order valence-electron chi connectivity index (χ4n) is 1.59. The van der Waals surface area contributed by atoms with Crippen molar-refractivity contribution in [3.8, 4) is 0 Å². The third-order valence-corrected chi connectivity index (χ3v) is 2.73. The van der Waals surface area contributed by atoms with Gasteiger partial charge in [0, 0.05) is 31.5 Å². The van der Waals surface area contributed by atoms with Crippen LogP contribution in [-0.2, 0) is 4.74 Å². The number of nitrogens with zero attached hydrogens (tertiary/aromatic N) is 1. The molecule has 0 aliphatic carbocycles. The maximum Gasteiger partial charge on any atom is 0.254 e. The Morgan fingerprint density at radius 2 is 2.28 bits per heavy atom. The zero-order chi connectivity index (χ0) is 13.5. The lowest BCUT2D eigenvalue weighted by Crippen LogP contribution is -2.34. The molecule has 0 aliphatic heterocycles. The smallest absolute Gasteiger partial charge is 0.254 e. The highest BCUT2D eigenvalue weighted by Crippen LogP contribution is 2.14. The van der Waals surface area contributed by atoms with Gasteiger partial charge in [0.15, 0.2) is 0 Å². The number of methoxy groups -OCH3 is 1. The van der Waals surface area contributed by atoms with Crippen molar-refractivity contribution in [2.75, 3.05) is 32.5 Å². The molecule has 0 saturated carbocycles. The number of nitrogens with two attached hydrogens (primary N) is 1. The van der Waals surface area contributed by atoms with Gasteiger partial charge in [0.25, 0.3) is 5.91 Å².